The van der Waals surface area contributed by atoms with Crippen LogP contribution in [0.15, 0.2) is 18.2 Å². The number of anilines is 2. The van der Waals surface area contributed by atoms with Crippen molar-refractivity contribution in [1.29, 1.82) is 0 Å². The smallest absolute Gasteiger partial charge is 0.273 e. The number of amides is 1. The molecule has 4 rings (SSSR count). The zero-order valence-electron chi connectivity index (χ0n) is 13.2. The predicted octanol–water partition coefficient (Wildman–Crippen LogP) is 4.61. The Morgan fingerprint density at radius 2 is 2.33 bits per heavy atom. The van der Waals surface area contributed by atoms with Crippen LogP contribution >= 0.6 is 22.9 Å². The van der Waals surface area contributed by atoms with Crippen molar-refractivity contribution in [2.75, 3.05) is 11.9 Å². The number of aromatic nitrogens is 1. The van der Waals surface area contributed by atoms with Crippen molar-refractivity contribution in [2.45, 2.75) is 32.2 Å². The molecule has 2 atom stereocenters. The fourth-order valence-electron chi connectivity index (χ4n) is 3.36. The number of likely N-dealkylation sites (tertiary alicyclic amines) is 1. The first-order valence-electron chi connectivity index (χ1n) is 8.03. The van der Waals surface area contributed by atoms with E-state index in [4.69, 9.17) is 11.6 Å². The second kappa shape index (κ2) is 6.01. The lowest BCUT2D eigenvalue weighted by atomic mass is 10.1. The minimum absolute atomic E-state index is 0.000535. The lowest BCUT2D eigenvalue weighted by molar-refractivity contribution is 0.0700. The highest BCUT2D eigenvalue weighted by Gasteiger charge is 2.46. The van der Waals surface area contributed by atoms with E-state index in [1.165, 1.54) is 23.8 Å². The Labute approximate surface area is 148 Å². The topological polar surface area (TPSA) is 45.2 Å². The number of piperidine rings is 1. The van der Waals surface area contributed by atoms with Crippen molar-refractivity contribution in [3.63, 3.8) is 0 Å². The van der Waals surface area contributed by atoms with Crippen molar-refractivity contribution in [1.82, 2.24) is 9.88 Å². The molecule has 7 heteroatoms. The van der Waals surface area contributed by atoms with Gasteiger partial charge in [-0.05, 0) is 50.3 Å². The van der Waals surface area contributed by atoms with Crippen LogP contribution in [0.1, 0.15) is 34.6 Å². The van der Waals surface area contributed by atoms with E-state index in [1.807, 2.05) is 11.8 Å². The van der Waals surface area contributed by atoms with Crippen molar-refractivity contribution in [3.05, 3.63) is 39.6 Å². The number of fused-ring (bicyclic) bond motifs is 1. The third-order valence-corrected chi connectivity index (χ3v) is 5.81. The minimum Gasteiger partial charge on any atom is -0.334 e. The van der Waals surface area contributed by atoms with Crippen LogP contribution in [0, 0.1) is 18.7 Å². The predicted molar refractivity (Wildman–Crippen MR) is 93.7 cm³/mol. The van der Waals surface area contributed by atoms with Gasteiger partial charge >= 0.3 is 0 Å². The summed E-state index contributed by atoms with van der Waals surface area (Å²) in [4.78, 5) is 20.0. The van der Waals surface area contributed by atoms with E-state index >= 15 is 0 Å². The van der Waals surface area contributed by atoms with Crippen LogP contribution in [-0.4, -0.2) is 28.4 Å². The third-order valence-electron chi connectivity index (χ3n) is 4.69. The van der Waals surface area contributed by atoms with Crippen LogP contribution in [0.5, 0.6) is 0 Å². The summed E-state index contributed by atoms with van der Waals surface area (Å²) in [7, 11) is 0. The molecule has 24 heavy (non-hydrogen) atoms. The molecule has 0 bridgehead atoms. The molecule has 126 valence electrons. The number of rotatable bonds is 3. The number of benzene rings is 1. The fraction of sp³-hybridized carbons (Fsp3) is 0.412. The summed E-state index contributed by atoms with van der Waals surface area (Å²) in [5.74, 6) is 0.239. The van der Waals surface area contributed by atoms with Crippen molar-refractivity contribution in [3.8, 4) is 0 Å². The standard InChI is InChI=1S/C17H17ClFN3OS/c1-9-15(16(23)22-6-2-3-10-7-14(10)22)21-17(24-9)20-13-5-4-11(18)8-12(13)19/h4-5,8,10,14H,2-3,6-7H2,1H3,(H,20,21)/t10-,14-/m0/s1. The largest absolute Gasteiger partial charge is 0.334 e. The molecule has 1 aliphatic carbocycles. The van der Waals surface area contributed by atoms with Gasteiger partial charge < -0.3 is 10.2 Å². The molecule has 1 amide bonds. The van der Waals surface area contributed by atoms with Gasteiger partial charge in [0.15, 0.2) is 5.13 Å². The third kappa shape index (κ3) is 2.89. The van der Waals surface area contributed by atoms with Crippen LogP contribution in [0.2, 0.25) is 5.02 Å². The lowest BCUT2D eigenvalue weighted by Crippen LogP contribution is -2.37. The molecule has 1 saturated carbocycles. The van der Waals surface area contributed by atoms with E-state index in [-0.39, 0.29) is 5.91 Å². The molecule has 0 radical (unpaired) electrons. The summed E-state index contributed by atoms with van der Waals surface area (Å²) in [6, 6.07) is 4.82. The van der Waals surface area contributed by atoms with Crippen molar-refractivity contribution >= 4 is 39.7 Å². The highest BCUT2D eigenvalue weighted by molar-refractivity contribution is 7.15. The van der Waals surface area contributed by atoms with E-state index in [9.17, 15) is 9.18 Å². The maximum absolute atomic E-state index is 13.9. The first kappa shape index (κ1) is 15.8. The molecule has 2 fully saturated rings. The number of carbonyl (C=O) groups is 1. The lowest BCUT2D eigenvalue weighted by Gasteiger charge is -2.26. The van der Waals surface area contributed by atoms with E-state index in [0.717, 1.165) is 24.3 Å². The average molecular weight is 366 g/mol. The van der Waals surface area contributed by atoms with Crippen LogP contribution < -0.4 is 5.32 Å². The van der Waals surface area contributed by atoms with E-state index in [0.29, 0.717) is 33.5 Å². The Balaban J connectivity index is 1.54. The highest BCUT2D eigenvalue weighted by atomic mass is 35.5. The molecular weight excluding hydrogens is 349 g/mol. The van der Waals surface area contributed by atoms with Gasteiger partial charge in [-0.25, -0.2) is 9.37 Å². The molecule has 1 aliphatic heterocycles. The van der Waals surface area contributed by atoms with Gasteiger partial charge in [0.05, 0.1) is 5.69 Å². The van der Waals surface area contributed by atoms with Crippen LogP contribution in [0.4, 0.5) is 15.2 Å². The van der Waals surface area contributed by atoms with Crippen molar-refractivity contribution < 1.29 is 9.18 Å². The number of hydrogen-bond donors (Lipinski definition) is 1. The first-order valence-corrected chi connectivity index (χ1v) is 9.23. The monoisotopic (exact) mass is 365 g/mol. The SMILES string of the molecule is Cc1sc(Nc2ccc(Cl)cc2F)nc1C(=O)N1CCC[C@H]2C[C@@H]21. The molecule has 4 nitrogen and oxygen atoms in total. The number of nitrogens with zero attached hydrogens (tertiary/aromatic N) is 2. The van der Waals surface area contributed by atoms with Gasteiger partial charge in [-0.2, -0.15) is 0 Å². The molecule has 1 aromatic carbocycles. The Hall–Kier alpha value is -1.66. The molecule has 1 N–H and O–H groups in total. The minimum atomic E-state index is -0.444. The Morgan fingerprint density at radius 1 is 1.50 bits per heavy atom. The van der Waals surface area contributed by atoms with E-state index in [2.05, 4.69) is 10.3 Å². The molecule has 0 spiro atoms. The average Bonchev–Trinajstić information content (AvgIpc) is 3.25. The number of hydrogen-bond acceptors (Lipinski definition) is 4. The molecule has 1 aromatic heterocycles. The number of thiazole rings is 1. The highest BCUT2D eigenvalue weighted by Crippen LogP contribution is 2.43. The number of carbonyl (C=O) groups excluding carboxylic acids is 1. The van der Waals surface area contributed by atoms with E-state index < -0.39 is 5.82 Å². The maximum atomic E-state index is 13.9. The first-order chi connectivity index (χ1) is 11.5. The molecule has 2 aliphatic rings. The normalized spacial score (nSPS) is 22.2. The summed E-state index contributed by atoms with van der Waals surface area (Å²) in [6.07, 6.45) is 3.42. The number of halogens is 2. The van der Waals surface area contributed by atoms with Gasteiger partial charge in [0.2, 0.25) is 0 Å². The zero-order chi connectivity index (χ0) is 16.8. The molecule has 0 unspecified atom stereocenters. The Morgan fingerprint density at radius 3 is 3.12 bits per heavy atom. The summed E-state index contributed by atoms with van der Waals surface area (Å²) in [5, 5.41) is 3.80. The van der Waals surface area contributed by atoms with Gasteiger partial charge in [0.1, 0.15) is 11.5 Å². The molecular formula is C17H17ClFN3OS. The zero-order valence-corrected chi connectivity index (χ0v) is 14.8. The summed E-state index contributed by atoms with van der Waals surface area (Å²) in [5.41, 5.74) is 0.775. The van der Waals surface area contributed by atoms with Gasteiger partial charge in [-0.1, -0.05) is 11.6 Å². The Bertz CT molecular complexity index is 809. The molecule has 2 heterocycles. The quantitative estimate of drug-likeness (QED) is 0.863. The summed E-state index contributed by atoms with van der Waals surface area (Å²) >= 11 is 7.12. The van der Waals surface area contributed by atoms with E-state index in [1.54, 1.807) is 12.1 Å². The number of nitrogens with one attached hydrogen (secondary N) is 1. The summed E-state index contributed by atoms with van der Waals surface area (Å²) < 4.78 is 13.9. The second-order valence-corrected chi connectivity index (χ2v) is 8.02. The summed E-state index contributed by atoms with van der Waals surface area (Å²) in [6.45, 7) is 2.69. The Kier molecular flexibility index (Phi) is 3.96. The van der Waals surface area contributed by atoms with Gasteiger partial charge in [0, 0.05) is 22.5 Å². The van der Waals surface area contributed by atoms with Gasteiger partial charge in [0.25, 0.3) is 5.91 Å². The molecule has 1 saturated heterocycles. The van der Waals surface area contributed by atoms with Crippen LogP contribution in [0.25, 0.3) is 0 Å². The maximum Gasteiger partial charge on any atom is 0.273 e. The van der Waals surface area contributed by atoms with Crippen LogP contribution in [0.3, 0.4) is 0 Å². The van der Waals surface area contributed by atoms with Crippen LogP contribution in [-0.2, 0) is 0 Å². The molecule has 2 aromatic rings. The van der Waals surface area contributed by atoms with Gasteiger partial charge in [-0.3, -0.25) is 4.79 Å². The van der Waals surface area contributed by atoms with Crippen molar-refractivity contribution in [2.24, 2.45) is 5.92 Å². The van der Waals surface area contributed by atoms with Gasteiger partial charge in [-0.15, -0.1) is 11.3 Å². The fourth-order valence-corrected chi connectivity index (χ4v) is 4.33. The number of aryl methyl sites for hydroxylation is 1. The second-order valence-electron chi connectivity index (χ2n) is 6.38.